The third kappa shape index (κ3) is 4.04. The van der Waals surface area contributed by atoms with Crippen LogP contribution >= 0.6 is 0 Å². The van der Waals surface area contributed by atoms with Crippen molar-refractivity contribution in [1.82, 2.24) is 0 Å². The van der Waals surface area contributed by atoms with Gasteiger partial charge in [0.15, 0.2) is 0 Å². The van der Waals surface area contributed by atoms with Crippen LogP contribution in [0.3, 0.4) is 0 Å². The van der Waals surface area contributed by atoms with Crippen LogP contribution in [0.2, 0.25) is 0 Å². The van der Waals surface area contributed by atoms with Crippen LogP contribution in [-0.2, 0) is 26.2 Å². The van der Waals surface area contributed by atoms with Gasteiger partial charge in [0.05, 0.1) is 0 Å². The molecule has 0 aromatic heterocycles. The van der Waals surface area contributed by atoms with Crippen LogP contribution in [-0.4, -0.2) is 0 Å². The number of fused-ring (bicyclic) bond motifs is 3. The van der Waals surface area contributed by atoms with Crippen molar-refractivity contribution in [3.8, 4) is 11.1 Å². The maximum atomic E-state index is 3.99. The fraction of sp³-hybridized carbons (Fsp3) is 0.280. The number of allylic oxidation sites excluding steroid dienone is 5. The molecule has 2 aliphatic rings. The van der Waals surface area contributed by atoms with Gasteiger partial charge in [-0.1, -0.05) is 84.8 Å². The van der Waals surface area contributed by atoms with Gasteiger partial charge in [0.2, 0.25) is 0 Å². The van der Waals surface area contributed by atoms with Crippen LogP contribution in [0.4, 0.5) is 0 Å². The molecule has 144 valence electrons. The Kier molecular flexibility index (Phi) is 9.20. The Morgan fingerprint density at radius 2 is 1.54 bits per heavy atom. The quantitative estimate of drug-likeness (QED) is 0.553. The largest absolute Gasteiger partial charge is 2.00 e. The summed E-state index contributed by atoms with van der Waals surface area (Å²) in [6.45, 7) is 8.75. The van der Waals surface area contributed by atoms with E-state index in [-0.39, 0.29) is 56.4 Å². The van der Waals surface area contributed by atoms with Crippen LogP contribution in [0.25, 0.3) is 11.1 Å². The van der Waals surface area contributed by atoms with Crippen LogP contribution in [0.1, 0.15) is 50.2 Å². The van der Waals surface area contributed by atoms with Gasteiger partial charge in [-0.3, -0.25) is 0 Å². The Balaban J connectivity index is 0.00000131. The van der Waals surface area contributed by atoms with Crippen LogP contribution < -0.4 is 24.8 Å². The van der Waals surface area contributed by atoms with Gasteiger partial charge >= 0.3 is 26.2 Å². The molecule has 1 unspecified atom stereocenters. The second-order valence-electron chi connectivity index (χ2n) is 7.62. The van der Waals surface area contributed by atoms with E-state index in [9.17, 15) is 0 Å². The molecule has 1 atom stereocenters. The van der Waals surface area contributed by atoms with E-state index in [2.05, 4.69) is 87.2 Å². The average Bonchev–Trinajstić information content (AvgIpc) is 3.22. The number of hydrogen-bond donors (Lipinski definition) is 0. The molecule has 0 nitrogen and oxygen atoms in total. The zero-order valence-electron chi connectivity index (χ0n) is 16.5. The Hall–Kier alpha value is -0.877. The van der Waals surface area contributed by atoms with E-state index in [1.165, 1.54) is 27.8 Å². The minimum absolute atomic E-state index is 0. The smallest absolute Gasteiger partial charge is 1.00 e. The van der Waals surface area contributed by atoms with E-state index in [0.717, 1.165) is 19.3 Å². The van der Waals surface area contributed by atoms with Gasteiger partial charge in [0, 0.05) is 11.3 Å². The first kappa shape index (κ1) is 25.2. The van der Waals surface area contributed by atoms with Crippen molar-refractivity contribution in [2.75, 3.05) is 0 Å². The molecule has 2 aromatic carbocycles. The molecule has 2 aliphatic carbocycles. The van der Waals surface area contributed by atoms with Gasteiger partial charge in [-0.25, -0.2) is 0 Å². The molecule has 0 heterocycles. The van der Waals surface area contributed by atoms with Crippen molar-refractivity contribution < 1.29 is 51.0 Å². The number of hydrogen-bond acceptors (Lipinski definition) is 0. The molecule has 0 spiro atoms. The molecule has 0 amide bonds. The van der Waals surface area contributed by atoms with E-state index in [0.29, 0.717) is 5.92 Å². The summed E-state index contributed by atoms with van der Waals surface area (Å²) >= 11 is 0. The molecule has 0 bridgehead atoms. The third-order valence-electron chi connectivity index (χ3n) is 6.19. The van der Waals surface area contributed by atoms with Crippen LogP contribution in [0.15, 0.2) is 84.5 Å². The van der Waals surface area contributed by atoms with Crippen molar-refractivity contribution in [3.05, 3.63) is 95.6 Å². The third-order valence-corrected chi connectivity index (χ3v) is 6.19. The predicted octanol–water partition coefficient (Wildman–Crippen LogP) is 1.05. The van der Waals surface area contributed by atoms with Gasteiger partial charge in [0.25, 0.3) is 0 Å². The first-order chi connectivity index (χ1) is 12.2. The normalized spacial score (nSPS) is 16.2. The minimum Gasteiger partial charge on any atom is -1.00 e. The van der Waals surface area contributed by atoms with Crippen molar-refractivity contribution in [1.29, 1.82) is 0 Å². The van der Waals surface area contributed by atoms with Gasteiger partial charge in [-0.2, -0.15) is 0 Å². The molecular weight excluding hydrogens is 462 g/mol. The molecule has 0 aliphatic heterocycles. The number of benzene rings is 2. The molecule has 0 radical (unpaired) electrons. The van der Waals surface area contributed by atoms with Gasteiger partial charge in [-0.05, 0) is 48.4 Å². The second-order valence-corrected chi connectivity index (χ2v) is 7.62. The topological polar surface area (TPSA) is 0 Å². The molecule has 2 aromatic rings. The van der Waals surface area contributed by atoms with Crippen molar-refractivity contribution >= 4 is 0 Å². The molecule has 3 heteroatoms. The Morgan fingerprint density at radius 3 is 2.00 bits per heavy atom. The zero-order chi connectivity index (χ0) is 17.4. The number of halogens is 2. The summed E-state index contributed by atoms with van der Waals surface area (Å²) in [4.78, 5) is 0. The fourth-order valence-corrected chi connectivity index (χ4v) is 5.01. The van der Waals surface area contributed by atoms with Crippen molar-refractivity contribution in [3.63, 3.8) is 0 Å². The molecule has 0 N–H and O–H groups in total. The van der Waals surface area contributed by atoms with Gasteiger partial charge in [-0.15, -0.1) is 6.58 Å². The van der Waals surface area contributed by atoms with E-state index in [1.54, 1.807) is 5.57 Å². The van der Waals surface area contributed by atoms with Crippen molar-refractivity contribution in [2.24, 2.45) is 5.41 Å². The summed E-state index contributed by atoms with van der Waals surface area (Å²) < 4.78 is 0. The SMILES string of the molecule is C=CCCC(C)(C1=C(C)C=CC1)C1c2ccccc2-c2ccccc21.[Cl-].[Cl-].[Zr+2]. The zero-order valence-corrected chi connectivity index (χ0v) is 20.5. The van der Waals surface area contributed by atoms with E-state index in [4.69, 9.17) is 0 Å². The average molecular weight is 489 g/mol. The molecule has 0 fully saturated rings. The molecule has 0 saturated heterocycles. The summed E-state index contributed by atoms with van der Waals surface area (Å²) in [7, 11) is 0. The summed E-state index contributed by atoms with van der Waals surface area (Å²) in [5, 5.41) is 0. The molecule has 0 saturated carbocycles. The summed E-state index contributed by atoms with van der Waals surface area (Å²) in [5.74, 6) is 0.421. The molecular formula is C25H26Cl2Zr. The van der Waals surface area contributed by atoms with Crippen LogP contribution in [0, 0.1) is 5.41 Å². The Bertz CT molecular complexity index is 851. The van der Waals surface area contributed by atoms with Crippen LogP contribution in [0.5, 0.6) is 0 Å². The van der Waals surface area contributed by atoms with E-state index in [1.807, 2.05) is 0 Å². The summed E-state index contributed by atoms with van der Waals surface area (Å²) in [5.41, 5.74) is 8.98. The first-order valence-electron chi connectivity index (χ1n) is 9.32. The maximum absolute atomic E-state index is 3.99. The fourth-order valence-electron chi connectivity index (χ4n) is 5.01. The summed E-state index contributed by atoms with van der Waals surface area (Å²) in [6, 6.07) is 18.0. The van der Waals surface area contributed by atoms with Gasteiger partial charge < -0.3 is 24.8 Å². The molecule has 4 rings (SSSR count). The van der Waals surface area contributed by atoms with E-state index < -0.39 is 0 Å². The van der Waals surface area contributed by atoms with E-state index >= 15 is 0 Å². The minimum atomic E-state index is 0. The monoisotopic (exact) mass is 486 g/mol. The Morgan fingerprint density at radius 1 is 1.00 bits per heavy atom. The standard InChI is InChI=1S/C25H26.2ClH.Zr/c1-4-5-17-25(3,23-16-10-11-18(23)2)24-21-14-8-6-12-19(21)20-13-7-9-15-22(20)24;;;/h4,6-15,24H,1,5,16-17H2,2-3H3;2*1H;/q;;;+2/p-2. The van der Waals surface area contributed by atoms with Crippen molar-refractivity contribution in [2.45, 2.75) is 39.0 Å². The second kappa shape index (κ2) is 10.2. The maximum Gasteiger partial charge on any atom is 2.00 e. The van der Waals surface area contributed by atoms with Gasteiger partial charge in [0.1, 0.15) is 0 Å². The predicted molar refractivity (Wildman–Crippen MR) is 108 cm³/mol. The Labute approximate surface area is 201 Å². The molecule has 28 heavy (non-hydrogen) atoms. The summed E-state index contributed by atoms with van der Waals surface area (Å²) in [6.07, 6.45) is 9.97. The first-order valence-corrected chi connectivity index (χ1v) is 9.32. The number of rotatable bonds is 5.